The summed E-state index contributed by atoms with van der Waals surface area (Å²) in [6.45, 7) is 10.9. The van der Waals surface area contributed by atoms with E-state index in [-0.39, 0.29) is 0 Å². The van der Waals surface area contributed by atoms with Gasteiger partial charge in [0.15, 0.2) is 11.5 Å². The smallest absolute Gasteiger partial charge is 0.151 e. The largest absolute Gasteiger partial charge is 0.453 e. The van der Waals surface area contributed by atoms with E-state index in [2.05, 4.69) is 23.6 Å². The monoisotopic (exact) mass is 267 g/mol. The van der Waals surface area contributed by atoms with Gasteiger partial charge >= 0.3 is 0 Å². The van der Waals surface area contributed by atoms with Crippen molar-refractivity contribution in [1.82, 2.24) is 0 Å². The summed E-state index contributed by atoms with van der Waals surface area (Å²) in [6.07, 6.45) is 0. The first-order chi connectivity index (χ1) is 9.75. The Labute approximate surface area is 121 Å². The first-order valence-electron chi connectivity index (χ1n) is 7.03. The highest BCUT2D eigenvalue weighted by Crippen LogP contribution is 2.46. The Kier molecular flexibility index (Phi) is 4.46. The van der Waals surface area contributed by atoms with Crippen molar-refractivity contribution in [3.63, 3.8) is 0 Å². The van der Waals surface area contributed by atoms with E-state index in [1.54, 1.807) is 0 Å². The van der Waals surface area contributed by atoms with Gasteiger partial charge in [-0.25, -0.2) is 0 Å². The van der Waals surface area contributed by atoms with Gasteiger partial charge in [-0.2, -0.15) is 0 Å². The molecule has 104 valence electrons. The number of nitrogens with zero attached hydrogens (tertiary/aromatic N) is 1. The number of rotatable bonds is 2. The van der Waals surface area contributed by atoms with Gasteiger partial charge in [-0.05, 0) is 31.2 Å². The number of fused-ring (bicyclic) bond motifs is 2. The summed E-state index contributed by atoms with van der Waals surface area (Å²) >= 11 is 0. The van der Waals surface area contributed by atoms with Crippen LogP contribution in [0.2, 0.25) is 0 Å². The maximum Gasteiger partial charge on any atom is 0.151 e. The van der Waals surface area contributed by atoms with Crippen molar-refractivity contribution in [3.05, 3.63) is 60.7 Å². The average molecular weight is 267 g/mol. The first-order valence-corrected chi connectivity index (χ1v) is 7.03. The van der Waals surface area contributed by atoms with Crippen LogP contribution in [0.3, 0.4) is 0 Å². The fraction of sp³-hybridized carbons (Fsp3) is 0.222. The standard InChI is InChI=1S/C16H15NO.C2H6/c1-12(2)11-17-13-7-3-5-9-15(13)18-16-10-6-4-8-14(16)17;1-2/h3-10H,1,11H2,2H3;1-2H3. The highest BCUT2D eigenvalue weighted by molar-refractivity contribution is 5.78. The van der Waals surface area contributed by atoms with Gasteiger partial charge in [-0.3, -0.25) is 0 Å². The molecule has 0 atom stereocenters. The van der Waals surface area contributed by atoms with Crippen LogP contribution < -0.4 is 9.64 Å². The van der Waals surface area contributed by atoms with E-state index < -0.39 is 0 Å². The Morgan fingerprint density at radius 1 is 0.950 bits per heavy atom. The molecule has 0 saturated carbocycles. The molecule has 0 aromatic heterocycles. The van der Waals surface area contributed by atoms with Crippen molar-refractivity contribution in [2.45, 2.75) is 20.8 Å². The van der Waals surface area contributed by atoms with E-state index in [0.29, 0.717) is 0 Å². The molecule has 0 spiro atoms. The number of hydrogen-bond acceptors (Lipinski definition) is 2. The molecule has 0 N–H and O–H groups in total. The van der Waals surface area contributed by atoms with Crippen LogP contribution in [0.15, 0.2) is 60.7 Å². The third-order valence-corrected chi connectivity index (χ3v) is 2.96. The molecule has 2 heteroatoms. The topological polar surface area (TPSA) is 12.5 Å². The van der Waals surface area contributed by atoms with E-state index in [1.165, 1.54) is 0 Å². The Morgan fingerprint density at radius 2 is 1.40 bits per heavy atom. The average Bonchev–Trinajstić information content (AvgIpc) is 2.49. The molecule has 2 aromatic carbocycles. The summed E-state index contributed by atoms with van der Waals surface area (Å²) in [5.41, 5.74) is 3.32. The van der Waals surface area contributed by atoms with Crippen LogP contribution in [-0.4, -0.2) is 6.54 Å². The van der Waals surface area contributed by atoms with Crippen LogP contribution in [0.25, 0.3) is 0 Å². The summed E-state index contributed by atoms with van der Waals surface area (Å²) in [5.74, 6) is 1.80. The van der Waals surface area contributed by atoms with E-state index in [1.807, 2.05) is 57.2 Å². The quantitative estimate of drug-likeness (QED) is 0.663. The SMILES string of the molecule is C=C(C)CN1c2ccccc2Oc2ccccc21.CC. The fourth-order valence-corrected chi connectivity index (χ4v) is 2.22. The summed E-state index contributed by atoms with van der Waals surface area (Å²) in [6, 6.07) is 16.2. The summed E-state index contributed by atoms with van der Waals surface area (Å²) < 4.78 is 5.92. The summed E-state index contributed by atoms with van der Waals surface area (Å²) in [4.78, 5) is 2.25. The van der Waals surface area contributed by atoms with Crippen LogP contribution in [0.4, 0.5) is 11.4 Å². The van der Waals surface area contributed by atoms with Crippen molar-refractivity contribution in [1.29, 1.82) is 0 Å². The zero-order valence-corrected chi connectivity index (χ0v) is 12.4. The van der Waals surface area contributed by atoms with Gasteiger partial charge in [0.25, 0.3) is 0 Å². The predicted octanol–water partition coefficient (Wildman–Crippen LogP) is 5.53. The second-order valence-electron chi connectivity index (χ2n) is 4.58. The Bertz CT molecular complexity index is 558. The summed E-state index contributed by atoms with van der Waals surface area (Å²) in [7, 11) is 0. The third-order valence-electron chi connectivity index (χ3n) is 2.96. The van der Waals surface area contributed by atoms with Gasteiger partial charge in [0.05, 0.1) is 11.4 Å². The van der Waals surface area contributed by atoms with Crippen LogP contribution in [0.5, 0.6) is 11.5 Å². The lowest BCUT2D eigenvalue weighted by Gasteiger charge is -2.32. The molecular weight excluding hydrogens is 246 g/mol. The van der Waals surface area contributed by atoms with Gasteiger partial charge in [-0.15, -0.1) is 0 Å². The zero-order valence-electron chi connectivity index (χ0n) is 12.4. The van der Waals surface area contributed by atoms with Gasteiger partial charge in [0.1, 0.15) is 0 Å². The molecule has 2 nitrogen and oxygen atoms in total. The number of benzene rings is 2. The molecule has 0 bridgehead atoms. The lowest BCUT2D eigenvalue weighted by molar-refractivity contribution is 0.474. The van der Waals surface area contributed by atoms with Crippen LogP contribution >= 0.6 is 0 Å². The van der Waals surface area contributed by atoms with Crippen LogP contribution in [-0.2, 0) is 0 Å². The highest BCUT2D eigenvalue weighted by atomic mass is 16.5. The van der Waals surface area contributed by atoms with Gasteiger partial charge < -0.3 is 9.64 Å². The lowest BCUT2D eigenvalue weighted by Crippen LogP contribution is -2.22. The van der Waals surface area contributed by atoms with E-state index in [9.17, 15) is 0 Å². The zero-order chi connectivity index (χ0) is 14.5. The molecule has 20 heavy (non-hydrogen) atoms. The van der Waals surface area contributed by atoms with E-state index >= 15 is 0 Å². The predicted molar refractivity (Wildman–Crippen MR) is 86.1 cm³/mol. The fourth-order valence-electron chi connectivity index (χ4n) is 2.22. The maximum atomic E-state index is 5.92. The van der Waals surface area contributed by atoms with Crippen molar-refractivity contribution in [2.24, 2.45) is 0 Å². The van der Waals surface area contributed by atoms with Gasteiger partial charge in [-0.1, -0.05) is 50.3 Å². The molecular formula is C18H21NO. The molecule has 1 heterocycles. The van der Waals surface area contributed by atoms with E-state index in [0.717, 1.165) is 35.0 Å². The minimum absolute atomic E-state index is 0.803. The van der Waals surface area contributed by atoms with Crippen molar-refractivity contribution in [2.75, 3.05) is 11.4 Å². The number of para-hydroxylation sites is 4. The molecule has 0 amide bonds. The second-order valence-corrected chi connectivity index (χ2v) is 4.58. The molecule has 1 aliphatic heterocycles. The second kappa shape index (κ2) is 6.29. The molecule has 1 aliphatic rings. The van der Waals surface area contributed by atoms with Crippen LogP contribution in [0.1, 0.15) is 20.8 Å². The van der Waals surface area contributed by atoms with Gasteiger partial charge in [0, 0.05) is 6.54 Å². The molecule has 0 saturated heterocycles. The first kappa shape index (κ1) is 14.2. The molecule has 0 radical (unpaired) electrons. The molecule has 2 aromatic rings. The Morgan fingerprint density at radius 3 is 1.85 bits per heavy atom. The normalized spacial score (nSPS) is 11.4. The summed E-state index contributed by atoms with van der Waals surface area (Å²) in [5, 5.41) is 0. The molecule has 0 fully saturated rings. The van der Waals surface area contributed by atoms with Gasteiger partial charge in [0.2, 0.25) is 0 Å². The lowest BCUT2D eigenvalue weighted by atomic mass is 10.1. The Hall–Kier alpha value is -2.22. The van der Waals surface area contributed by atoms with Crippen LogP contribution in [0, 0.1) is 0 Å². The van der Waals surface area contributed by atoms with E-state index in [4.69, 9.17) is 4.74 Å². The number of anilines is 2. The van der Waals surface area contributed by atoms with Crippen molar-refractivity contribution in [3.8, 4) is 11.5 Å². The molecule has 0 unspecified atom stereocenters. The van der Waals surface area contributed by atoms with Crippen molar-refractivity contribution >= 4 is 11.4 Å². The third kappa shape index (κ3) is 2.69. The Balaban J connectivity index is 0.000000704. The number of hydrogen-bond donors (Lipinski definition) is 0. The minimum Gasteiger partial charge on any atom is -0.453 e. The van der Waals surface area contributed by atoms with Crippen molar-refractivity contribution < 1.29 is 4.74 Å². The maximum absolute atomic E-state index is 5.92. The molecule has 0 aliphatic carbocycles. The molecule has 3 rings (SSSR count). The highest BCUT2D eigenvalue weighted by Gasteiger charge is 2.23. The minimum atomic E-state index is 0.803. The number of ether oxygens (including phenoxy) is 1.